The van der Waals surface area contributed by atoms with E-state index in [2.05, 4.69) is 10.0 Å². The second kappa shape index (κ2) is 8.02. The molecule has 0 aromatic heterocycles. The van der Waals surface area contributed by atoms with Crippen LogP contribution in [0.25, 0.3) is 0 Å². The molecule has 2 N–H and O–H groups in total. The molecule has 1 unspecified atom stereocenters. The molecule has 0 aliphatic carbocycles. The minimum Gasteiger partial charge on any atom is -0.316 e. The number of rotatable bonds is 5. The molecule has 10 heteroatoms. The maximum absolute atomic E-state index is 12.7. The first-order valence-corrected chi connectivity index (χ1v) is 8.63. The predicted octanol–water partition coefficient (Wildman–Crippen LogP) is 3.06. The van der Waals surface area contributed by atoms with E-state index < -0.39 is 26.7 Å². The van der Waals surface area contributed by atoms with E-state index in [4.69, 9.17) is 11.6 Å². The van der Waals surface area contributed by atoms with E-state index in [1.165, 1.54) is 0 Å². The summed E-state index contributed by atoms with van der Waals surface area (Å²) < 4.78 is 64.6. The zero-order valence-corrected chi connectivity index (χ0v) is 14.4. The molecule has 4 nitrogen and oxygen atoms in total. The van der Waals surface area contributed by atoms with Gasteiger partial charge in [0.2, 0.25) is 10.0 Å². The average Bonchev–Trinajstić information content (AvgIpc) is 2.90. The van der Waals surface area contributed by atoms with Gasteiger partial charge in [0.15, 0.2) is 0 Å². The minimum atomic E-state index is -4.62. The van der Waals surface area contributed by atoms with Gasteiger partial charge in [-0.05, 0) is 50.0 Å². The van der Waals surface area contributed by atoms with Crippen molar-refractivity contribution in [2.75, 3.05) is 19.6 Å². The second-order valence-corrected chi connectivity index (χ2v) is 7.33. The predicted molar refractivity (Wildman–Crippen MR) is 84.5 cm³/mol. The first kappa shape index (κ1) is 20.5. The molecule has 1 heterocycles. The van der Waals surface area contributed by atoms with Crippen molar-refractivity contribution in [2.24, 2.45) is 5.92 Å². The van der Waals surface area contributed by atoms with Gasteiger partial charge in [0.1, 0.15) is 4.90 Å². The lowest BCUT2D eigenvalue weighted by atomic mass is 10.1. The first-order chi connectivity index (χ1) is 10.2. The van der Waals surface area contributed by atoms with E-state index in [1.807, 2.05) is 0 Å². The molecule has 2 rings (SSSR count). The summed E-state index contributed by atoms with van der Waals surface area (Å²) in [6, 6.07) is 2.26. The number of alkyl halides is 3. The van der Waals surface area contributed by atoms with Gasteiger partial charge in [0.25, 0.3) is 0 Å². The Bertz CT molecular complexity index is 633. The largest absolute Gasteiger partial charge is 0.416 e. The Balaban J connectivity index is 0.00000264. The van der Waals surface area contributed by atoms with Gasteiger partial charge < -0.3 is 5.32 Å². The molecule has 1 aliphatic heterocycles. The van der Waals surface area contributed by atoms with Crippen molar-refractivity contribution in [1.82, 2.24) is 10.0 Å². The van der Waals surface area contributed by atoms with Gasteiger partial charge in [-0.1, -0.05) is 11.6 Å². The first-order valence-electron chi connectivity index (χ1n) is 6.77. The van der Waals surface area contributed by atoms with Crippen LogP contribution in [-0.2, 0) is 16.2 Å². The standard InChI is InChI=1S/C13H16ClF3N2O2S.ClH/c14-11-2-1-10(13(15,16)17)7-12(11)22(20,21)19-6-4-9-3-5-18-8-9;/h1-2,7,9,18-19H,3-6,8H2;1H. The zero-order chi connectivity index (χ0) is 16.4. The number of nitrogens with one attached hydrogen (secondary N) is 2. The summed E-state index contributed by atoms with van der Waals surface area (Å²) in [6.45, 7) is 1.89. The van der Waals surface area contributed by atoms with E-state index >= 15 is 0 Å². The highest BCUT2D eigenvalue weighted by molar-refractivity contribution is 7.89. The highest BCUT2D eigenvalue weighted by Gasteiger charge is 2.32. The normalized spacial score (nSPS) is 18.7. The summed E-state index contributed by atoms with van der Waals surface area (Å²) in [5, 5.41) is 2.93. The number of benzene rings is 1. The van der Waals surface area contributed by atoms with Crippen molar-refractivity contribution in [1.29, 1.82) is 0 Å². The van der Waals surface area contributed by atoms with Crippen LogP contribution in [0.1, 0.15) is 18.4 Å². The molecule has 0 bridgehead atoms. The van der Waals surface area contributed by atoms with Crippen LogP contribution in [0.3, 0.4) is 0 Å². The zero-order valence-electron chi connectivity index (χ0n) is 12.0. The third-order valence-corrected chi connectivity index (χ3v) is 5.50. The maximum Gasteiger partial charge on any atom is 0.416 e. The Hall–Kier alpha value is -0.540. The molecule has 1 saturated heterocycles. The van der Waals surface area contributed by atoms with Crippen LogP contribution in [0.5, 0.6) is 0 Å². The molecule has 1 atom stereocenters. The molecule has 1 aromatic carbocycles. The Labute approximate surface area is 144 Å². The van der Waals surface area contributed by atoms with Crippen LogP contribution in [0, 0.1) is 5.92 Å². The molecule has 132 valence electrons. The summed E-state index contributed by atoms with van der Waals surface area (Å²) in [4.78, 5) is -0.548. The van der Waals surface area contributed by atoms with Crippen molar-refractivity contribution in [3.05, 3.63) is 28.8 Å². The van der Waals surface area contributed by atoms with E-state index in [0.717, 1.165) is 31.6 Å². The number of halogens is 5. The van der Waals surface area contributed by atoms with Crippen molar-refractivity contribution >= 4 is 34.0 Å². The average molecular weight is 393 g/mol. The Kier molecular flexibility index (Phi) is 7.15. The van der Waals surface area contributed by atoms with Crippen molar-refractivity contribution in [3.8, 4) is 0 Å². The fourth-order valence-corrected chi connectivity index (χ4v) is 3.89. The summed E-state index contributed by atoms with van der Waals surface area (Å²) >= 11 is 5.74. The third kappa shape index (κ3) is 5.49. The van der Waals surface area contributed by atoms with Crippen LogP contribution in [0.15, 0.2) is 23.1 Å². The lowest BCUT2D eigenvalue weighted by Crippen LogP contribution is -2.27. The highest BCUT2D eigenvalue weighted by Crippen LogP contribution is 2.33. The van der Waals surface area contributed by atoms with Gasteiger partial charge >= 0.3 is 6.18 Å². The Morgan fingerprint density at radius 2 is 2.04 bits per heavy atom. The van der Waals surface area contributed by atoms with Crippen LogP contribution >= 0.6 is 24.0 Å². The van der Waals surface area contributed by atoms with Crippen LogP contribution in [-0.4, -0.2) is 28.1 Å². The third-order valence-electron chi connectivity index (χ3n) is 3.56. The summed E-state index contributed by atoms with van der Waals surface area (Å²) in [6.07, 6.45) is -3.03. The van der Waals surface area contributed by atoms with Crippen molar-refractivity contribution in [3.63, 3.8) is 0 Å². The van der Waals surface area contributed by atoms with Crippen LogP contribution < -0.4 is 10.0 Å². The van der Waals surface area contributed by atoms with Crippen molar-refractivity contribution in [2.45, 2.75) is 23.9 Å². The lowest BCUT2D eigenvalue weighted by molar-refractivity contribution is -0.137. The number of sulfonamides is 1. The molecular weight excluding hydrogens is 376 g/mol. The summed E-state index contributed by atoms with van der Waals surface area (Å²) in [5.74, 6) is 0.375. The second-order valence-electron chi connectivity index (χ2n) is 5.19. The topological polar surface area (TPSA) is 58.2 Å². The van der Waals surface area contributed by atoms with E-state index in [1.54, 1.807) is 0 Å². The van der Waals surface area contributed by atoms with Gasteiger partial charge in [0, 0.05) is 6.54 Å². The smallest absolute Gasteiger partial charge is 0.316 e. The molecule has 0 spiro atoms. The van der Waals surface area contributed by atoms with Crippen LogP contribution in [0.2, 0.25) is 5.02 Å². The molecule has 1 aromatic rings. The number of hydrogen-bond donors (Lipinski definition) is 2. The summed E-state index contributed by atoms with van der Waals surface area (Å²) in [5.41, 5.74) is -1.04. The summed E-state index contributed by atoms with van der Waals surface area (Å²) in [7, 11) is -4.07. The minimum absolute atomic E-state index is 0. The number of hydrogen-bond acceptors (Lipinski definition) is 3. The van der Waals surface area contributed by atoms with E-state index in [-0.39, 0.29) is 24.0 Å². The molecule has 0 radical (unpaired) electrons. The van der Waals surface area contributed by atoms with Gasteiger partial charge in [-0.25, -0.2) is 13.1 Å². The van der Waals surface area contributed by atoms with E-state index in [9.17, 15) is 21.6 Å². The molecule has 23 heavy (non-hydrogen) atoms. The Morgan fingerprint density at radius 3 is 2.61 bits per heavy atom. The Morgan fingerprint density at radius 1 is 1.35 bits per heavy atom. The molecular formula is C13H17Cl2F3N2O2S. The quantitative estimate of drug-likeness (QED) is 0.809. The SMILES string of the molecule is Cl.O=S(=O)(NCCC1CCNC1)c1cc(C(F)(F)F)ccc1Cl. The lowest BCUT2D eigenvalue weighted by Gasteiger charge is -2.13. The van der Waals surface area contributed by atoms with Crippen molar-refractivity contribution < 1.29 is 21.6 Å². The maximum atomic E-state index is 12.7. The molecule has 0 amide bonds. The molecule has 1 fully saturated rings. The van der Waals surface area contributed by atoms with Gasteiger partial charge in [0.05, 0.1) is 10.6 Å². The highest BCUT2D eigenvalue weighted by atomic mass is 35.5. The van der Waals surface area contributed by atoms with Gasteiger partial charge in [-0.2, -0.15) is 13.2 Å². The fraction of sp³-hybridized carbons (Fsp3) is 0.538. The fourth-order valence-electron chi connectivity index (χ4n) is 2.32. The van der Waals surface area contributed by atoms with Crippen LogP contribution in [0.4, 0.5) is 13.2 Å². The van der Waals surface area contributed by atoms with Gasteiger partial charge in [-0.3, -0.25) is 0 Å². The molecule has 0 saturated carbocycles. The van der Waals surface area contributed by atoms with Gasteiger partial charge in [-0.15, -0.1) is 12.4 Å². The molecule has 1 aliphatic rings. The monoisotopic (exact) mass is 392 g/mol. The van der Waals surface area contributed by atoms with E-state index in [0.29, 0.717) is 18.4 Å².